The van der Waals surface area contributed by atoms with Crippen LogP contribution in [0.5, 0.6) is 0 Å². The van der Waals surface area contributed by atoms with Crippen LogP contribution in [0, 0.1) is 0 Å². The second-order valence-electron chi connectivity index (χ2n) is 3.49. The molecule has 3 nitrogen and oxygen atoms in total. The van der Waals surface area contributed by atoms with Gasteiger partial charge in [-0.15, -0.1) is 0 Å². The van der Waals surface area contributed by atoms with Crippen LogP contribution in [0.25, 0.3) is 0 Å². The van der Waals surface area contributed by atoms with Crippen LogP contribution in [0.15, 0.2) is 0 Å². The van der Waals surface area contributed by atoms with E-state index in [0.717, 1.165) is 6.54 Å². The number of rotatable bonds is 4. The predicted molar refractivity (Wildman–Crippen MR) is 65.1 cm³/mol. The predicted octanol–water partition coefficient (Wildman–Crippen LogP) is 0.513. The van der Waals surface area contributed by atoms with E-state index in [1.54, 1.807) is 19.0 Å². The first kappa shape index (κ1) is 12.2. The molecule has 1 N–H and O–H groups in total. The van der Waals surface area contributed by atoms with Crippen molar-refractivity contribution < 1.29 is 4.79 Å². The minimum atomic E-state index is 0.151. The monoisotopic (exact) mass is 234 g/mol. The van der Waals surface area contributed by atoms with Crippen molar-refractivity contribution in [1.29, 1.82) is 0 Å². The largest absolute Gasteiger partial charge is 0.348 e. The molecular formula is C9H18N2OS2. The third-order valence-electron chi connectivity index (χ3n) is 2.03. The molecule has 82 valence electrons. The van der Waals surface area contributed by atoms with E-state index in [4.69, 9.17) is 0 Å². The van der Waals surface area contributed by atoms with Gasteiger partial charge in [0.2, 0.25) is 5.91 Å². The summed E-state index contributed by atoms with van der Waals surface area (Å²) in [4.78, 5) is 12.9. The third kappa shape index (κ3) is 4.57. The standard InChI is InChI=1S/C9H18N2OS2/c1-11(2)9(12)6-10-5-8-7-13-3-4-14-8/h8,10H,3-7H2,1-2H3. The van der Waals surface area contributed by atoms with E-state index in [1.165, 1.54) is 17.3 Å². The smallest absolute Gasteiger partial charge is 0.236 e. The number of carbonyl (C=O) groups excluding carboxylic acids is 1. The first-order chi connectivity index (χ1) is 6.70. The molecule has 1 rings (SSSR count). The van der Waals surface area contributed by atoms with Gasteiger partial charge in [-0.2, -0.15) is 23.5 Å². The second kappa shape index (κ2) is 6.58. The van der Waals surface area contributed by atoms with Gasteiger partial charge in [-0.3, -0.25) is 4.79 Å². The molecule has 0 aromatic rings. The molecule has 0 aromatic carbocycles. The molecule has 1 saturated heterocycles. The summed E-state index contributed by atoms with van der Waals surface area (Å²) < 4.78 is 0. The normalized spacial score (nSPS) is 22.0. The number of hydrogen-bond donors (Lipinski definition) is 1. The first-order valence-corrected chi connectivity index (χ1v) is 7.00. The van der Waals surface area contributed by atoms with E-state index in [0.29, 0.717) is 11.8 Å². The number of likely N-dealkylation sites (N-methyl/N-ethyl adjacent to an activating group) is 1. The van der Waals surface area contributed by atoms with Gasteiger partial charge in [-0.25, -0.2) is 0 Å². The highest BCUT2D eigenvalue weighted by molar-refractivity contribution is 8.06. The lowest BCUT2D eigenvalue weighted by Crippen LogP contribution is -2.37. The molecule has 1 fully saturated rings. The molecule has 0 spiro atoms. The van der Waals surface area contributed by atoms with Gasteiger partial charge >= 0.3 is 0 Å². The summed E-state index contributed by atoms with van der Waals surface area (Å²) in [6, 6.07) is 0. The van der Waals surface area contributed by atoms with E-state index in [1.807, 2.05) is 23.5 Å². The zero-order chi connectivity index (χ0) is 10.4. The van der Waals surface area contributed by atoms with Crippen LogP contribution in [0.2, 0.25) is 0 Å². The Balaban J connectivity index is 2.05. The summed E-state index contributed by atoms with van der Waals surface area (Å²) in [5.41, 5.74) is 0. The van der Waals surface area contributed by atoms with Crippen molar-refractivity contribution in [3.63, 3.8) is 0 Å². The molecule has 1 amide bonds. The summed E-state index contributed by atoms with van der Waals surface area (Å²) >= 11 is 4.03. The van der Waals surface area contributed by atoms with Gasteiger partial charge in [0.1, 0.15) is 0 Å². The molecule has 1 aliphatic rings. The van der Waals surface area contributed by atoms with Gasteiger partial charge in [-0.05, 0) is 0 Å². The highest BCUT2D eigenvalue weighted by Crippen LogP contribution is 2.23. The fourth-order valence-corrected chi connectivity index (χ4v) is 3.80. The summed E-state index contributed by atoms with van der Waals surface area (Å²) in [5, 5.41) is 3.89. The number of nitrogens with one attached hydrogen (secondary N) is 1. The molecule has 1 heterocycles. The third-order valence-corrected chi connectivity index (χ3v) is 4.88. The highest BCUT2D eigenvalue weighted by atomic mass is 32.2. The van der Waals surface area contributed by atoms with Crippen molar-refractivity contribution in [3.05, 3.63) is 0 Å². The molecule has 14 heavy (non-hydrogen) atoms. The summed E-state index contributed by atoms with van der Waals surface area (Å²) in [6.07, 6.45) is 0. The Morgan fingerprint density at radius 2 is 2.29 bits per heavy atom. The minimum absolute atomic E-state index is 0.151. The van der Waals surface area contributed by atoms with Gasteiger partial charge in [0.15, 0.2) is 0 Å². The zero-order valence-electron chi connectivity index (χ0n) is 8.78. The molecule has 0 saturated carbocycles. The topological polar surface area (TPSA) is 32.3 Å². The molecule has 0 bridgehead atoms. The molecule has 5 heteroatoms. The fourth-order valence-electron chi connectivity index (χ4n) is 1.15. The lowest BCUT2D eigenvalue weighted by atomic mass is 10.4. The average molecular weight is 234 g/mol. The van der Waals surface area contributed by atoms with Crippen molar-refractivity contribution >= 4 is 29.4 Å². The van der Waals surface area contributed by atoms with E-state index in [9.17, 15) is 4.79 Å². The summed E-state index contributed by atoms with van der Waals surface area (Å²) in [5.74, 6) is 3.89. The number of carbonyl (C=O) groups is 1. The van der Waals surface area contributed by atoms with E-state index < -0.39 is 0 Å². The maximum absolute atomic E-state index is 11.2. The Morgan fingerprint density at radius 1 is 1.50 bits per heavy atom. The van der Waals surface area contributed by atoms with Crippen LogP contribution in [-0.4, -0.2) is 60.5 Å². The number of thioether (sulfide) groups is 2. The van der Waals surface area contributed by atoms with E-state index in [-0.39, 0.29) is 5.91 Å². The van der Waals surface area contributed by atoms with Gasteiger partial charge in [0.25, 0.3) is 0 Å². The molecular weight excluding hydrogens is 216 g/mol. The van der Waals surface area contributed by atoms with Crippen LogP contribution in [0.1, 0.15) is 0 Å². The Kier molecular flexibility index (Phi) is 5.74. The van der Waals surface area contributed by atoms with Gasteiger partial charge < -0.3 is 10.2 Å². The van der Waals surface area contributed by atoms with Gasteiger partial charge in [-0.1, -0.05) is 0 Å². The first-order valence-electron chi connectivity index (χ1n) is 4.80. The molecule has 0 aromatic heterocycles. The summed E-state index contributed by atoms with van der Waals surface area (Å²) in [7, 11) is 3.57. The Morgan fingerprint density at radius 3 is 2.86 bits per heavy atom. The Labute approximate surface area is 94.4 Å². The van der Waals surface area contributed by atoms with E-state index in [2.05, 4.69) is 5.32 Å². The van der Waals surface area contributed by atoms with Crippen molar-refractivity contribution in [3.8, 4) is 0 Å². The zero-order valence-corrected chi connectivity index (χ0v) is 10.4. The van der Waals surface area contributed by atoms with Crippen LogP contribution in [-0.2, 0) is 4.79 Å². The lowest BCUT2D eigenvalue weighted by Gasteiger charge is -2.21. The number of hydrogen-bond acceptors (Lipinski definition) is 4. The molecule has 1 atom stereocenters. The molecule has 0 radical (unpaired) electrons. The molecule has 1 aliphatic heterocycles. The van der Waals surface area contributed by atoms with E-state index >= 15 is 0 Å². The van der Waals surface area contributed by atoms with Crippen LogP contribution in [0.4, 0.5) is 0 Å². The Hall–Kier alpha value is 0.130. The van der Waals surface area contributed by atoms with Crippen molar-refractivity contribution in [2.45, 2.75) is 5.25 Å². The molecule has 1 unspecified atom stereocenters. The van der Waals surface area contributed by atoms with Crippen molar-refractivity contribution in [1.82, 2.24) is 10.2 Å². The quantitative estimate of drug-likeness (QED) is 0.768. The Bertz CT molecular complexity index is 182. The average Bonchev–Trinajstić information content (AvgIpc) is 2.19. The second-order valence-corrected chi connectivity index (χ2v) is 6.04. The van der Waals surface area contributed by atoms with Crippen LogP contribution >= 0.6 is 23.5 Å². The van der Waals surface area contributed by atoms with Crippen molar-refractivity contribution in [2.75, 3.05) is 44.4 Å². The summed E-state index contributed by atoms with van der Waals surface area (Å²) in [6.45, 7) is 1.42. The van der Waals surface area contributed by atoms with Crippen LogP contribution in [0.3, 0.4) is 0 Å². The fraction of sp³-hybridized carbons (Fsp3) is 0.889. The maximum Gasteiger partial charge on any atom is 0.236 e. The molecule has 0 aliphatic carbocycles. The SMILES string of the molecule is CN(C)C(=O)CNCC1CSCCS1. The minimum Gasteiger partial charge on any atom is -0.348 e. The maximum atomic E-state index is 11.2. The van der Waals surface area contributed by atoms with Gasteiger partial charge in [0.05, 0.1) is 6.54 Å². The van der Waals surface area contributed by atoms with Gasteiger partial charge in [0, 0.05) is 43.1 Å². The number of amides is 1. The van der Waals surface area contributed by atoms with Crippen LogP contribution < -0.4 is 5.32 Å². The lowest BCUT2D eigenvalue weighted by molar-refractivity contribution is -0.127. The highest BCUT2D eigenvalue weighted by Gasteiger charge is 2.14. The van der Waals surface area contributed by atoms with Crippen molar-refractivity contribution in [2.24, 2.45) is 0 Å². The number of nitrogens with zero attached hydrogens (tertiary/aromatic N) is 1.